The van der Waals surface area contributed by atoms with E-state index in [1.54, 1.807) is 12.1 Å². The van der Waals surface area contributed by atoms with Crippen LogP contribution < -0.4 is 10.6 Å². The van der Waals surface area contributed by atoms with Crippen molar-refractivity contribution in [1.82, 2.24) is 0 Å². The van der Waals surface area contributed by atoms with E-state index < -0.39 is 10.4 Å². The first-order valence-electron chi connectivity index (χ1n) is 8.33. The number of hydrogen-bond donors (Lipinski definition) is 2. The van der Waals surface area contributed by atoms with Crippen LogP contribution in [0.1, 0.15) is 23.6 Å². The Hall–Kier alpha value is -3.11. The Balaban J connectivity index is 0.000000307. The second-order valence-electron chi connectivity index (χ2n) is 5.69. The molecule has 2 aromatic rings. The van der Waals surface area contributed by atoms with Crippen LogP contribution in [0.25, 0.3) is 0 Å². The second-order valence-corrected chi connectivity index (χ2v) is 6.79. The average Bonchev–Trinajstić information content (AvgIpc) is 2.65. The minimum Gasteiger partial charge on any atom is -0.398 e. The van der Waals surface area contributed by atoms with E-state index in [0.717, 1.165) is 17.8 Å². The Labute approximate surface area is 165 Å². The van der Waals surface area contributed by atoms with Gasteiger partial charge in [0.2, 0.25) is 0 Å². The summed E-state index contributed by atoms with van der Waals surface area (Å²) in [5, 5.41) is 16.9. The van der Waals surface area contributed by atoms with E-state index in [1.807, 2.05) is 55.2 Å². The van der Waals surface area contributed by atoms with Gasteiger partial charge in [-0.2, -0.15) is 18.9 Å². The van der Waals surface area contributed by atoms with E-state index in [0.29, 0.717) is 23.4 Å². The van der Waals surface area contributed by atoms with Gasteiger partial charge in [0, 0.05) is 24.5 Å². The van der Waals surface area contributed by atoms with Gasteiger partial charge in [-0.25, -0.2) is 4.18 Å². The number of hydrogen-bond acceptors (Lipinski definition) is 7. The van der Waals surface area contributed by atoms with Crippen molar-refractivity contribution in [3.05, 3.63) is 59.2 Å². The molecule has 0 radical (unpaired) electrons. The van der Waals surface area contributed by atoms with Crippen molar-refractivity contribution in [3.8, 4) is 12.1 Å². The molecule has 0 spiro atoms. The van der Waals surface area contributed by atoms with E-state index in [9.17, 15) is 8.42 Å². The minimum absolute atomic E-state index is 0.0688. The van der Waals surface area contributed by atoms with Crippen molar-refractivity contribution in [2.24, 2.45) is 0 Å². The number of aryl methyl sites for hydroxylation is 1. The van der Waals surface area contributed by atoms with Crippen molar-refractivity contribution in [1.29, 1.82) is 10.5 Å². The number of likely N-dealkylation sites (N-methyl/N-ethyl adjacent to an activating group) is 1. The van der Waals surface area contributed by atoms with Crippen LogP contribution in [-0.2, 0) is 14.6 Å². The molecule has 0 aliphatic rings. The summed E-state index contributed by atoms with van der Waals surface area (Å²) in [6, 6.07) is 16.3. The maximum Gasteiger partial charge on any atom is 0.397 e. The molecule has 2 aromatic carbocycles. The van der Waals surface area contributed by atoms with Gasteiger partial charge in [-0.1, -0.05) is 12.1 Å². The summed E-state index contributed by atoms with van der Waals surface area (Å²) in [4.78, 5) is 1.97. The fourth-order valence-corrected chi connectivity index (χ4v) is 2.56. The highest BCUT2D eigenvalue weighted by Crippen LogP contribution is 2.15. The molecule has 0 heterocycles. The number of nitrogen functional groups attached to an aromatic ring is 1. The van der Waals surface area contributed by atoms with Crippen molar-refractivity contribution in [3.63, 3.8) is 0 Å². The lowest BCUT2D eigenvalue weighted by atomic mass is 10.1. The number of nitrogens with zero attached hydrogens (tertiary/aromatic N) is 3. The molecular weight excluding hydrogens is 380 g/mol. The van der Waals surface area contributed by atoms with Gasteiger partial charge in [-0.3, -0.25) is 4.55 Å². The Bertz CT molecular complexity index is 978. The van der Waals surface area contributed by atoms with Gasteiger partial charge in [0.25, 0.3) is 0 Å². The molecule has 0 saturated heterocycles. The second kappa shape index (κ2) is 10.9. The highest BCUT2D eigenvalue weighted by atomic mass is 32.3. The summed E-state index contributed by atoms with van der Waals surface area (Å²) < 4.78 is 33.6. The summed E-state index contributed by atoms with van der Waals surface area (Å²) in [6.07, 6.45) is 0. The first kappa shape index (κ1) is 22.9. The fourth-order valence-electron chi connectivity index (χ4n) is 2.27. The van der Waals surface area contributed by atoms with Gasteiger partial charge in [-0.05, 0) is 49.7 Å². The largest absolute Gasteiger partial charge is 0.398 e. The van der Waals surface area contributed by atoms with Crippen LogP contribution in [0.15, 0.2) is 42.5 Å². The Kier molecular flexibility index (Phi) is 8.93. The number of rotatable bonds is 6. The number of benzene rings is 2. The number of nitriles is 2. The summed E-state index contributed by atoms with van der Waals surface area (Å²) in [7, 11) is -4.35. The average molecular weight is 402 g/mol. The van der Waals surface area contributed by atoms with Gasteiger partial charge in [0.15, 0.2) is 0 Å². The van der Waals surface area contributed by atoms with Crippen LogP contribution in [0.2, 0.25) is 0 Å². The zero-order valence-corrected chi connectivity index (χ0v) is 16.5. The number of nitrogens with two attached hydrogens (primary N) is 1. The molecular formula is C19H22N4O4S. The van der Waals surface area contributed by atoms with Gasteiger partial charge in [0.05, 0.1) is 23.8 Å². The Morgan fingerprint density at radius 3 is 2.43 bits per heavy atom. The Morgan fingerprint density at radius 2 is 1.89 bits per heavy atom. The lowest BCUT2D eigenvalue weighted by Gasteiger charge is -2.22. The maximum absolute atomic E-state index is 10.4. The molecule has 9 heteroatoms. The third-order valence-corrected chi connectivity index (χ3v) is 4.11. The van der Waals surface area contributed by atoms with Crippen LogP contribution >= 0.6 is 0 Å². The lowest BCUT2D eigenvalue weighted by molar-refractivity contribution is 0.274. The molecule has 8 nitrogen and oxygen atoms in total. The molecule has 0 unspecified atom stereocenters. The smallest absolute Gasteiger partial charge is 0.397 e. The molecule has 0 amide bonds. The van der Waals surface area contributed by atoms with Crippen molar-refractivity contribution >= 4 is 21.8 Å². The summed E-state index contributed by atoms with van der Waals surface area (Å²) in [5.74, 6) is 0. The van der Waals surface area contributed by atoms with Crippen molar-refractivity contribution in [2.75, 3.05) is 30.3 Å². The number of anilines is 2. The quantitative estimate of drug-likeness (QED) is 0.555. The van der Waals surface area contributed by atoms with Gasteiger partial charge < -0.3 is 10.6 Å². The maximum atomic E-state index is 10.4. The van der Waals surface area contributed by atoms with E-state index >= 15 is 0 Å². The van der Waals surface area contributed by atoms with E-state index in [1.165, 1.54) is 6.07 Å². The topological polar surface area (TPSA) is 140 Å². The summed E-state index contributed by atoms with van der Waals surface area (Å²) >= 11 is 0. The highest BCUT2D eigenvalue weighted by Gasteiger charge is 2.08. The minimum atomic E-state index is -4.35. The molecule has 0 aliphatic heterocycles. The molecule has 0 aromatic heterocycles. The zero-order chi connectivity index (χ0) is 21.2. The third-order valence-electron chi connectivity index (χ3n) is 3.64. The molecule has 0 aliphatic carbocycles. The molecule has 148 valence electrons. The molecule has 0 saturated carbocycles. The molecule has 0 fully saturated rings. The van der Waals surface area contributed by atoms with Crippen LogP contribution in [0, 0.1) is 29.6 Å². The van der Waals surface area contributed by atoms with Crippen LogP contribution in [0.5, 0.6) is 0 Å². The van der Waals surface area contributed by atoms with Crippen molar-refractivity contribution < 1.29 is 17.2 Å². The first-order chi connectivity index (χ1) is 13.2. The van der Waals surface area contributed by atoms with Gasteiger partial charge in [-0.15, -0.1) is 0 Å². The normalized spacial score (nSPS) is 10.2. The van der Waals surface area contributed by atoms with Crippen LogP contribution in [-0.4, -0.2) is 32.7 Å². The Morgan fingerprint density at radius 1 is 1.18 bits per heavy atom. The molecule has 3 N–H and O–H groups in total. The molecule has 0 bridgehead atoms. The monoisotopic (exact) mass is 402 g/mol. The molecule has 2 rings (SSSR count). The predicted molar refractivity (Wildman–Crippen MR) is 107 cm³/mol. The van der Waals surface area contributed by atoms with E-state index in [-0.39, 0.29) is 6.61 Å². The van der Waals surface area contributed by atoms with Crippen LogP contribution in [0.4, 0.5) is 11.4 Å². The standard InChI is InChI=1S/C11H17NO4S.C8H5N3/c1-3-12(7-8-16-17(13,14)15)11-6-4-5-10(2)9-11;9-4-6-1-2-8(11)7(3-6)5-10/h4-6,9H,3,7-8H2,1-2H3,(H,13,14,15);1-3H,11H2. The third kappa shape index (κ3) is 8.06. The van der Waals surface area contributed by atoms with Crippen molar-refractivity contribution in [2.45, 2.75) is 13.8 Å². The van der Waals surface area contributed by atoms with Gasteiger partial charge in [0.1, 0.15) is 6.07 Å². The predicted octanol–water partition coefficient (Wildman–Crippen LogP) is 2.65. The van der Waals surface area contributed by atoms with Crippen LogP contribution in [0.3, 0.4) is 0 Å². The van der Waals surface area contributed by atoms with E-state index in [2.05, 4.69) is 4.18 Å². The summed E-state index contributed by atoms with van der Waals surface area (Å²) in [5.41, 5.74) is 8.78. The van der Waals surface area contributed by atoms with Gasteiger partial charge >= 0.3 is 10.4 Å². The molecule has 28 heavy (non-hydrogen) atoms. The van der Waals surface area contributed by atoms with E-state index in [4.69, 9.17) is 20.8 Å². The zero-order valence-electron chi connectivity index (χ0n) is 15.7. The highest BCUT2D eigenvalue weighted by molar-refractivity contribution is 7.80. The molecule has 0 atom stereocenters. The lowest BCUT2D eigenvalue weighted by Crippen LogP contribution is -2.27. The summed E-state index contributed by atoms with van der Waals surface area (Å²) in [6.45, 7) is 5.03. The SMILES string of the molecule is CCN(CCOS(=O)(=O)O)c1cccc(C)c1.N#Cc1ccc(N)c(C#N)c1. The first-order valence-corrected chi connectivity index (χ1v) is 9.69. The fraction of sp³-hybridized carbons (Fsp3) is 0.263.